The normalized spacial score (nSPS) is 16.0. The van der Waals surface area contributed by atoms with Crippen molar-refractivity contribution >= 4 is 12.1 Å². The highest BCUT2D eigenvalue weighted by Crippen LogP contribution is 2.21. The number of alkyl carbamates (subject to hydrolysis) is 1. The molecule has 0 aromatic rings. The first-order valence-electron chi connectivity index (χ1n) is 6.91. The summed E-state index contributed by atoms with van der Waals surface area (Å²) in [7, 11) is 1.32. The lowest BCUT2D eigenvalue weighted by molar-refractivity contribution is -0.151. The molecule has 0 saturated carbocycles. The van der Waals surface area contributed by atoms with Crippen LogP contribution in [0.1, 0.15) is 34.6 Å². The highest BCUT2D eigenvalue weighted by Gasteiger charge is 2.35. The fraction of sp³-hybridized carbons (Fsp3) is 0.733. The van der Waals surface area contributed by atoms with Crippen LogP contribution in [0, 0.1) is 11.8 Å². The number of aliphatic carboxylic acids is 1. The van der Waals surface area contributed by atoms with Crippen molar-refractivity contribution in [2.75, 3.05) is 7.11 Å². The predicted molar refractivity (Wildman–Crippen MR) is 80.1 cm³/mol. The van der Waals surface area contributed by atoms with E-state index in [1.54, 1.807) is 20.8 Å². The number of methoxy groups -OCH3 is 1. The first-order valence-corrected chi connectivity index (χ1v) is 6.91. The Labute approximate surface area is 126 Å². The predicted octanol–water partition coefficient (Wildman–Crippen LogP) is 2.44. The van der Waals surface area contributed by atoms with E-state index in [2.05, 4.69) is 11.9 Å². The molecule has 0 aliphatic carbocycles. The summed E-state index contributed by atoms with van der Waals surface area (Å²) in [5.74, 6) is -1.68. The van der Waals surface area contributed by atoms with Crippen LogP contribution in [0.3, 0.4) is 0 Å². The molecule has 0 aliphatic heterocycles. The SMILES string of the molecule is C=C[C@@H]([C@@H](OC)C(=O)O)[C@@H](NC(=O)OC(C)(C)C)C(C)C. The van der Waals surface area contributed by atoms with Crippen LogP contribution < -0.4 is 5.32 Å². The number of nitrogens with one attached hydrogen (secondary N) is 1. The Bertz CT molecular complexity index is 373. The summed E-state index contributed by atoms with van der Waals surface area (Å²) in [6, 6.07) is -0.460. The Balaban J connectivity index is 5.14. The molecule has 1 amide bonds. The van der Waals surface area contributed by atoms with Gasteiger partial charge in [-0.2, -0.15) is 0 Å². The van der Waals surface area contributed by atoms with E-state index in [0.717, 1.165) is 0 Å². The molecule has 0 aromatic heterocycles. The second-order valence-electron chi connectivity index (χ2n) is 6.22. The van der Waals surface area contributed by atoms with Gasteiger partial charge in [-0.3, -0.25) is 0 Å². The average molecular weight is 301 g/mol. The van der Waals surface area contributed by atoms with Crippen LogP contribution in [0.25, 0.3) is 0 Å². The van der Waals surface area contributed by atoms with E-state index in [9.17, 15) is 14.7 Å². The summed E-state index contributed by atoms with van der Waals surface area (Å²) in [5, 5.41) is 11.9. The number of carbonyl (C=O) groups is 2. The van der Waals surface area contributed by atoms with Gasteiger partial charge in [0.05, 0.1) is 0 Å². The summed E-state index contributed by atoms with van der Waals surface area (Å²) in [4.78, 5) is 23.2. The Morgan fingerprint density at radius 2 is 1.81 bits per heavy atom. The third-order valence-corrected chi connectivity index (χ3v) is 2.94. The third-order valence-electron chi connectivity index (χ3n) is 2.94. The van der Waals surface area contributed by atoms with Gasteiger partial charge in [-0.15, -0.1) is 6.58 Å². The Morgan fingerprint density at radius 3 is 2.10 bits per heavy atom. The monoisotopic (exact) mass is 301 g/mol. The molecule has 0 saturated heterocycles. The first-order chi connectivity index (χ1) is 9.53. The fourth-order valence-electron chi connectivity index (χ4n) is 2.03. The molecule has 3 atom stereocenters. The fourth-order valence-corrected chi connectivity index (χ4v) is 2.03. The maximum absolute atomic E-state index is 11.9. The maximum atomic E-state index is 11.9. The summed E-state index contributed by atoms with van der Waals surface area (Å²) in [6.07, 6.45) is -0.178. The molecule has 2 N–H and O–H groups in total. The zero-order valence-electron chi connectivity index (χ0n) is 13.7. The molecule has 0 aliphatic rings. The average Bonchev–Trinajstić information content (AvgIpc) is 2.30. The lowest BCUT2D eigenvalue weighted by atomic mass is 9.86. The van der Waals surface area contributed by atoms with Crippen molar-refractivity contribution in [1.82, 2.24) is 5.32 Å². The third kappa shape index (κ3) is 6.62. The van der Waals surface area contributed by atoms with Gasteiger partial charge in [-0.05, 0) is 26.7 Å². The van der Waals surface area contributed by atoms with Gasteiger partial charge in [0.15, 0.2) is 6.10 Å². The molecule has 0 unspecified atom stereocenters. The summed E-state index contributed by atoms with van der Waals surface area (Å²) < 4.78 is 10.2. The zero-order valence-corrected chi connectivity index (χ0v) is 13.7. The molecule has 6 nitrogen and oxygen atoms in total. The van der Waals surface area contributed by atoms with Crippen LogP contribution in [0.5, 0.6) is 0 Å². The van der Waals surface area contributed by atoms with E-state index < -0.39 is 35.7 Å². The van der Waals surface area contributed by atoms with Crippen molar-refractivity contribution in [2.45, 2.75) is 52.4 Å². The minimum absolute atomic E-state index is 0.0162. The number of ether oxygens (including phenoxy) is 2. The van der Waals surface area contributed by atoms with Crippen molar-refractivity contribution in [3.05, 3.63) is 12.7 Å². The second-order valence-corrected chi connectivity index (χ2v) is 6.22. The van der Waals surface area contributed by atoms with Gasteiger partial charge >= 0.3 is 12.1 Å². The van der Waals surface area contributed by atoms with Crippen molar-refractivity contribution in [3.63, 3.8) is 0 Å². The number of amides is 1. The highest BCUT2D eigenvalue weighted by atomic mass is 16.6. The number of carbonyl (C=O) groups excluding carboxylic acids is 1. The Morgan fingerprint density at radius 1 is 1.29 bits per heavy atom. The van der Waals surface area contributed by atoms with Crippen LogP contribution in [0.2, 0.25) is 0 Å². The minimum atomic E-state index is -1.10. The summed E-state index contributed by atoms with van der Waals surface area (Å²) in [6.45, 7) is 12.7. The molecule has 0 fully saturated rings. The Hall–Kier alpha value is -1.56. The smallest absolute Gasteiger partial charge is 0.407 e. The van der Waals surface area contributed by atoms with Gasteiger partial charge in [0.2, 0.25) is 0 Å². The van der Waals surface area contributed by atoms with E-state index in [0.29, 0.717) is 0 Å². The quantitative estimate of drug-likeness (QED) is 0.705. The van der Waals surface area contributed by atoms with E-state index in [1.807, 2.05) is 13.8 Å². The molecule has 0 rings (SSSR count). The molecular formula is C15H27NO5. The molecule has 0 bridgehead atoms. The zero-order chi connectivity index (χ0) is 16.8. The molecule has 6 heteroatoms. The van der Waals surface area contributed by atoms with Crippen molar-refractivity contribution in [1.29, 1.82) is 0 Å². The maximum Gasteiger partial charge on any atom is 0.407 e. The number of carboxylic acids is 1. The van der Waals surface area contributed by atoms with Gasteiger partial charge in [0, 0.05) is 19.1 Å². The molecule has 0 aromatic carbocycles. The van der Waals surface area contributed by atoms with Crippen LogP contribution >= 0.6 is 0 Å². The number of carboxylic acid groups (broad SMARTS) is 1. The Kier molecular flexibility index (Phi) is 7.43. The molecule has 0 spiro atoms. The summed E-state index contributed by atoms with van der Waals surface area (Å²) in [5.41, 5.74) is -0.622. The lowest BCUT2D eigenvalue weighted by Gasteiger charge is -2.32. The number of hydrogen-bond donors (Lipinski definition) is 2. The van der Waals surface area contributed by atoms with Gasteiger partial charge < -0.3 is 19.9 Å². The van der Waals surface area contributed by atoms with Crippen LogP contribution in [0.4, 0.5) is 4.79 Å². The van der Waals surface area contributed by atoms with Crippen molar-refractivity contribution in [3.8, 4) is 0 Å². The second kappa shape index (κ2) is 8.02. The molecular weight excluding hydrogens is 274 g/mol. The number of rotatable bonds is 7. The molecule has 0 heterocycles. The molecule has 21 heavy (non-hydrogen) atoms. The number of hydrogen-bond acceptors (Lipinski definition) is 4. The standard InChI is InChI=1S/C15H27NO5/c1-8-10(12(20-7)13(17)18)11(9(2)3)16-14(19)21-15(4,5)6/h8-12H,1H2,2-7H3,(H,16,19)(H,17,18)/t10-,11+,12-/m1/s1. The van der Waals surface area contributed by atoms with Gasteiger partial charge in [-0.1, -0.05) is 19.9 Å². The van der Waals surface area contributed by atoms with E-state index in [-0.39, 0.29) is 5.92 Å². The van der Waals surface area contributed by atoms with Gasteiger partial charge in [0.1, 0.15) is 5.60 Å². The first kappa shape index (κ1) is 19.4. The lowest BCUT2D eigenvalue weighted by Crippen LogP contribution is -2.50. The van der Waals surface area contributed by atoms with Crippen LogP contribution in [-0.4, -0.2) is 42.0 Å². The van der Waals surface area contributed by atoms with Crippen LogP contribution in [0.15, 0.2) is 12.7 Å². The molecule has 0 radical (unpaired) electrons. The van der Waals surface area contributed by atoms with E-state index in [4.69, 9.17) is 9.47 Å². The van der Waals surface area contributed by atoms with Gasteiger partial charge in [0.25, 0.3) is 0 Å². The van der Waals surface area contributed by atoms with E-state index >= 15 is 0 Å². The largest absolute Gasteiger partial charge is 0.479 e. The molecule has 122 valence electrons. The van der Waals surface area contributed by atoms with Crippen molar-refractivity contribution in [2.24, 2.45) is 11.8 Å². The highest BCUT2D eigenvalue weighted by molar-refractivity contribution is 5.74. The summed E-state index contributed by atoms with van der Waals surface area (Å²) >= 11 is 0. The van der Waals surface area contributed by atoms with E-state index in [1.165, 1.54) is 13.2 Å². The topological polar surface area (TPSA) is 84.9 Å². The van der Waals surface area contributed by atoms with Gasteiger partial charge in [-0.25, -0.2) is 9.59 Å². The van der Waals surface area contributed by atoms with Crippen LogP contribution in [-0.2, 0) is 14.3 Å². The van der Waals surface area contributed by atoms with Crippen molar-refractivity contribution < 1.29 is 24.2 Å². The minimum Gasteiger partial charge on any atom is -0.479 e.